The molecule has 92 valence electrons. The minimum atomic E-state index is -0.229. The van der Waals surface area contributed by atoms with Gasteiger partial charge in [0.25, 0.3) is 0 Å². The molecule has 3 nitrogen and oxygen atoms in total. The molecular weight excluding hydrogens is 332 g/mol. The van der Waals surface area contributed by atoms with Crippen molar-refractivity contribution in [2.45, 2.75) is 27.3 Å². The lowest BCUT2D eigenvalue weighted by atomic mass is 9.97. The molecule has 0 aliphatic heterocycles. The third kappa shape index (κ3) is 2.53. The molecule has 0 atom stereocenters. The number of imidazole rings is 1. The summed E-state index contributed by atoms with van der Waals surface area (Å²) in [6.45, 7) is 7.05. The first-order valence-corrected chi connectivity index (χ1v) is 6.46. The Labute approximate surface area is 113 Å². The largest absolute Gasteiger partial charge is 0.369 e. The fourth-order valence-electron chi connectivity index (χ4n) is 1.78. The number of hydrogen-bond acceptors (Lipinski definition) is 2. The molecule has 0 spiro atoms. The Balaban J connectivity index is 2.63. The molecule has 0 amide bonds. The molecule has 1 heterocycles. The van der Waals surface area contributed by atoms with Gasteiger partial charge in [-0.25, -0.2) is 9.37 Å². The lowest BCUT2D eigenvalue weighted by Crippen LogP contribution is -2.17. The SMILES string of the molecule is CC(C)(C)Cn1c(N)nc2cc(I)c(F)cc21. The Morgan fingerprint density at radius 1 is 1.41 bits per heavy atom. The Bertz CT molecular complexity index is 569. The highest BCUT2D eigenvalue weighted by molar-refractivity contribution is 14.1. The van der Waals surface area contributed by atoms with Gasteiger partial charge in [0.2, 0.25) is 5.95 Å². The molecule has 0 aliphatic rings. The second-order valence-corrected chi connectivity index (χ2v) is 6.53. The zero-order valence-electron chi connectivity index (χ0n) is 10.1. The van der Waals surface area contributed by atoms with Crippen LogP contribution in [0.5, 0.6) is 0 Å². The molecule has 2 aromatic rings. The van der Waals surface area contributed by atoms with E-state index in [0.29, 0.717) is 9.52 Å². The fraction of sp³-hybridized carbons (Fsp3) is 0.417. The molecule has 0 aliphatic carbocycles. The summed E-state index contributed by atoms with van der Waals surface area (Å²) in [5.41, 5.74) is 7.47. The number of nitrogen functional groups attached to an aromatic ring is 1. The van der Waals surface area contributed by atoms with Gasteiger partial charge in [-0.05, 0) is 34.1 Å². The summed E-state index contributed by atoms with van der Waals surface area (Å²) in [6.07, 6.45) is 0. The van der Waals surface area contributed by atoms with Gasteiger partial charge < -0.3 is 10.3 Å². The third-order valence-corrected chi connectivity index (χ3v) is 3.28. The van der Waals surface area contributed by atoms with E-state index in [1.807, 2.05) is 27.2 Å². The standard InChI is InChI=1S/C12H15FIN3/c1-12(2,3)6-17-10-4-7(13)8(14)5-9(10)16-11(17)15/h4-5H,6H2,1-3H3,(H2,15,16). The van der Waals surface area contributed by atoms with E-state index in [1.54, 1.807) is 6.07 Å². The average Bonchev–Trinajstić information content (AvgIpc) is 2.43. The molecule has 0 fully saturated rings. The molecule has 0 saturated carbocycles. The van der Waals surface area contributed by atoms with E-state index < -0.39 is 0 Å². The molecule has 5 heteroatoms. The second-order valence-electron chi connectivity index (χ2n) is 5.37. The average molecular weight is 347 g/mol. The van der Waals surface area contributed by atoms with Gasteiger partial charge in [-0.3, -0.25) is 0 Å². The van der Waals surface area contributed by atoms with Crippen LogP contribution in [0.2, 0.25) is 0 Å². The summed E-state index contributed by atoms with van der Waals surface area (Å²) in [7, 11) is 0. The Hall–Kier alpha value is -0.850. The van der Waals surface area contributed by atoms with Crippen molar-refractivity contribution in [1.82, 2.24) is 9.55 Å². The van der Waals surface area contributed by atoms with Crippen LogP contribution in [0.3, 0.4) is 0 Å². The first-order valence-electron chi connectivity index (χ1n) is 5.39. The first kappa shape index (κ1) is 12.6. The molecular formula is C12H15FIN3. The number of hydrogen-bond donors (Lipinski definition) is 1. The summed E-state index contributed by atoms with van der Waals surface area (Å²) in [4.78, 5) is 4.27. The number of nitrogens with zero attached hydrogens (tertiary/aromatic N) is 2. The van der Waals surface area contributed by atoms with Gasteiger partial charge in [0.05, 0.1) is 14.6 Å². The topological polar surface area (TPSA) is 43.8 Å². The lowest BCUT2D eigenvalue weighted by molar-refractivity contribution is 0.351. The van der Waals surface area contributed by atoms with Crippen LogP contribution in [0.25, 0.3) is 11.0 Å². The maximum atomic E-state index is 13.6. The summed E-state index contributed by atoms with van der Waals surface area (Å²) in [5.74, 6) is 0.212. The van der Waals surface area contributed by atoms with Crippen LogP contribution in [0, 0.1) is 14.8 Å². The van der Waals surface area contributed by atoms with Crippen molar-refractivity contribution in [2.24, 2.45) is 5.41 Å². The van der Waals surface area contributed by atoms with E-state index in [1.165, 1.54) is 6.07 Å². The summed E-state index contributed by atoms with van der Waals surface area (Å²) < 4.78 is 16.0. The smallest absolute Gasteiger partial charge is 0.201 e. The first-order chi connectivity index (χ1) is 7.78. The number of anilines is 1. The van der Waals surface area contributed by atoms with Gasteiger partial charge in [-0.1, -0.05) is 20.8 Å². The lowest BCUT2D eigenvalue weighted by Gasteiger charge is -2.20. The number of aromatic nitrogens is 2. The zero-order chi connectivity index (χ0) is 12.8. The molecule has 0 saturated heterocycles. The van der Waals surface area contributed by atoms with Gasteiger partial charge in [0.15, 0.2) is 0 Å². The van der Waals surface area contributed by atoms with Crippen LogP contribution in [0.15, 0.2) is 12.1 Å². The summed E-state index contributed by atoms with van der Waals surface area (Å²) in [5, 5.41) is 0. The molecule has 1 aromatic carbocycles. The van der Waals surface area contributed by atoms with Gasteiger partial charge in [0.1, 0.15) is 5.82 Å². The highest BCUT2D eigenvalue weighted by Crippen LogP contribution is 2.26. The van der Waals surface area contributed by atoms with E-state index in [0.717, 1.165) is 17.6 Å². The quantitative estimate of drug-likeness (QED) is 0.804. The van der Waals surface area contributed by atoms with E-state index in [4.69, 9.17) is 5.73 Å². The van der Waals surface area contributed by atoms with Crippen LogP contribution in [-0.4, -0.2) is 9.55 Å². The van der Waals surface area contributed by atoms with E-state index >= 15 is 0 Å². The highest BCUT2D eigenvalue weighted by Gasteiger charge is 2.17. The minimum Gasteiger partial charge on any atom is -0.369 e. The number of benzene rings is 1. The van der Waals surface area contributed by atoms with E-state index in [2.05, 4.69) is 25.8 Å². The summed E-state index contributed by atoms with van der Waals surface area (Å²) >= 11 is 1.96. The van der Waals surface area contributed by atoms with Crippen molar-refractivity contribution in [2.75, 3.05) is 5.73 Å². The summed E-state index contributed by atoms with van der Waals surface area (Å²) in [6, 6.07) is 3.23. The predicted molar refractivity (Wildman–Crippen MR) is 76.3 cm³/mol. The van der Waals surface area contributed by atoms with E-state index in [9.17, 15) is 4.39 Å². The molecule has 2 N–H and O–H groups in total. The molecule has 1 aromatic heterocycles. The van der Waals surface area contributed by atoms with Crippen molar-refractivity contribution in [3.05, 3.63) is 21.5 Å². The van der Waals surface area contributed by atoms with Crippen molar-refractivity contribution < 1.29 is 4.39 Å². The van der Waals surface area contributed by atoms with Crippen LogP contribution < -0.4 is 5.73 Å². The Morgan fingerprint density at radius 3 is 2.65 bits per heavy atom. The van der Waals surface area contributed by atoms with Crippen LogP contribution in [0.4, 0.5) is 10.3 Å². The van der Waals surface area contributed by atoms with Crippen LogP contribution in [-0.2, 0) is 6.54 Å². The maximum absolute atomic E-state index is 13.6. The predicted octanol–water partition coefficient (Wildman–Crippen LogP) is 3.41. The third-order valence-electron chi connectivity index (χ3n) is 2.45. The Morgan fingerprint density at radius 2 is 2.06 bits per heavy atom. The van der Waals surface area contributed by atoms with Crippen molar-refractivity contribution in [3.8, 4) is 0 Å². The maximum Gasteiger partial charge on any atom is 0.201 e. The molecule has 17 heavy (non-hydrogen) atoms. The van der Waals surface area contributed by atoms with Crippen LogP contribution in [0.1, 0.15) is 20.8 Å². The van der Waals surface area contributed by atoms with Crippen molar-refractivity contribution in [1.29, 1.82) is 0 Å². The van der Waals surface area contributed by atoms with Gasteiger partial charge in [-0.2, -0.15) is 0 Å². The van der Waals surface area contributed by atoms with Gasteiger partial charge >= 0.3 is 0 Å². The minimum absolute atomic E-state index is 0.0707. The number of fused-ring (bicyclic) bond motifs is 1. The van der Waals surface area contributed by atoms with Crippen LogP contribution >= 0.6 is 22.6 Å². The van der Waals surface area contributed by atoms with Gasteiger partial charge in [0, 0.05) is 12.6 Å². The molecule has 2 rings (SSSR count). The second kappa shape index (κ2) is 4.12. The Kier molecular flexibility index (Phi) is 3.05. The normalized spacial score (nSPS) is 12.3. The van der Waals surface area contributed by atoms with Gasteiger partial charge in [-0.15, -0.1) is 0 Å². The monoisotopic (exact) mass is 347 g/mol. The zero-order valence-corrected chi connectivity index (χ0v) is 12.2. The number of halogens is 2. The number of nitrogens with two attached hydrogens (primary N) is 1. The molecule has 0 unspecified atom stereocenters. The van der Waals surface area contributed by atoms with Crippen molar-refractivity contribution in [3.63, 3.8) is 0 Å². The fourth-order valence-corrected chi connectivity index (χ4v) is 2.23. The molecule has 0 bridgehead atoms. The van der Waals surface area contributed by atoms with E-state index in [-0.39, 0.29) is 11.2 Å². The molecule has 0 radical (unpaired) electrons. The number of rotatable bonds is 1. The highest BCUT2D eigenvalue weighted by atomic mass is 127. The van der Waals surface area contributed by atoms with Crippen molar-refractivity contribution >= 4 is 39.6 Å².